The van der Waals surface area contributed by atoms with Crippen molar-refractivity contribution in [3.05, 3.63) is 99.8 Å². The maximum Gasteiger partial charge on any atom is 2.00 e. The summed E-state index contributed by atoms with van der Waals surface area (Å²) in [4.78, 5) is 0. The van der Waals surface area contributed by atoms with Crippen LogP contribution >= 0.6 is 0 Å². The molecule has 0 saturated heterocycles. The zero-order valence-corrected chi connectivity index (χ0v) is 47.2. The second kappa shape index (κ2) is 44.0. The molecule has 1 aliphatic rings. The monoisotopic (exact) mass is 965 g/mol. The second-order valence-electron chi connectivity index (χ2n) is 19.9. The van der Waals surface area contributed by atoms with Crippen molar-refractivity contribution in [2.45, 2.75) is 300 Å². The molecule has 2 nitrogen and oxygen atoms in total. The number of rotatable bonds is 37. The van der Waals surface area contributed by atoms with E-state index in [4.69, 9.17) is 0 Å². The third kappa shape index (κ3) is 26.7. The summed E-state index contributed by atoms with van der Waals surface area (Å²) < 4.78 is 1.62. The Bertz CT molecular complexity index is 1500. The minimum Gasteiger partial charge on any atom is -0.493 e. The number of hydrogen-bond donors (Lipinski definition) is 0. The molecule has 0 amide bonds. The molecule has 0 spiro atoms. The van der Waals surface area contributed by atoms with E-state index >= 15 is 0 Å². The van der Waals surface area contributed by atoms with Gasteiger partial charge >= 0.3 is 16.5 Å². The minimum atomic E-state index is 0. The molecule has 0 aliphatic carbocycles. The second-order valence-corrected chi connectivity index (χ2v) is 19.9. The molecule has 0 atom stereocenters. The van der Waals surface area contributed by atoms with Gasteiger partial charge < -0.3 is 19.4 Å². The van der Waals surface area contributed by atoms with Crippen molar-refractivity contribution < 1.29 is 21.2 Å². The number of hydrogen-bond acceptors (Lipinski definition) is 0. The van der Waals surface area contributed by atoms with Gasteiger partial charge in [-0.2, -0.15) is 12.8 Å². The Morgan fingerprint density at radius 3 is 0.985 bits per heavy atom. The Morgan fingerprint density at radius 1 is 0.358 bits per heavy atom. The first kappa shape index (κ1) is 65.0. The van der Waals surface area contributed by atoms with Crippen LogP contribution in [0.15, 0.2) is 35.9 Å². The Hall–Kier alpha value is -1.99. The fourth-order valence-electron chi connectivity index (χ4n) is 9.52. The Morgan fingerprint density at radius 2 is 0.657 bits per heavy atom. The van der Waals surface area contributed by atoms with Crippen molar-refractivity contribution in [3.8, 4) is 0 Å². The molecule has 0 radical (unpaired) electrons. The van der Waals surface area contributed by atoms with E-state index in [0.29, 0.717) is 0 Å². The number of unbranched alkanes of at least 4 members (excludes halogenated alkanes) is 21. The molecule has 1 heterocycles. The van der Waals surface area contributed by atoms with Crippen molar-refractivity contribution in [1.29, 1.82) is 0 Å². The SMILES string of the molecule is CCCCCCCCc1c(CCCC)cc(C2=CC(CCCC)=C(c3cc(CCCC)c(CCCCCCCC)c(CCCC)c3)[N+]2=[N-])cc1CCCC.[CH2-]CCCCC.[CH2-]CCCCC.[Ni+2]. The van der Waals surface area contributed by atoms with Gasteiger partial charge in [0, 0.05) is 22.8 Å². The first-order chi connectivity index (χ1) is 32.3. The van der Waals surface area contributed by atoms with Crippen LogP contribution in [-0.4, -0.2) is 4.70 Å². The number of aryl methyl sites for hydroxylation is 4. The Kier molecular flexibility index (Phi) is 42.7. The van der Waals surface area contributed by atoms with E-state index in [1.54, 1.807) is 27.0 Å². The van der Waals surface area contributed by atoms with Crippen LogP contribution in [0.1, 0.15) is 306 Å². The summed E-state index contributed by atoms with van der Waals surface area (Å²) in [5.41, 5.74) is 27.6. The maximum absolute atomic E-state index is 12.4. The molecule has 3 rings (SSSR count). The van der Waals surface area contributed by atoms with Crippen molar-refractivity contribution in [3.63, 3.8) is 0 Å². The smallest absolute Gasteiger partial charge is 0.493 e. The predicted octanol–water partition coefficient (Wildman–Crippen LogP) is 21.7. The van der Waals surface area contributed by atoms with Crippen LogP contribution in [0.25, 0.3) is 16.9 Å². The van der Waals surface area contributed by atoms with Gasteiger partial charge in [-0.3, -0.25) is 0 Å². The van der Waals surface area contributed by atoms with Gasteiger partial charge in [0.05, 0.1) is 0 Å². The number of benzene rings is 2. The summed E-state index contributed by atoms with van der Waals surface area (Å²) in [5.74, 6) is 0. The molecule has 67 heavy (non-hydrogen) atoms. The van der Waals surface area contributed by atoms with Gasteiger partial charge in [0.25, 0.3) is 0 Å². The van der Waals surface area contributed by atoms with Gasteiger partial charge in [0.2, 0.25) is 11.4 Å². The van der Waals surface area contributed by atoms with E-state index in [0.717, 1.165) is 69.2 Å². The van der Waals surface area contributed by atoms with Crippen LogP contribution in [-0.2, 0) is 55.0 Å². The fourth-order valence-corrected chi connectivity index (χ4v) is 9.52. The summed E-state index contributed by atoms with van der Waals surface area (Å²) in [6, 6.07) is 9.97. The van der Waals surface area contributed by atoms with Gasteiger partial charge in [0.15, 0.2) is 0 Å². The molecule has 0 unspecified atom stereocenters. The van der Waals surface area contributed by atoms with Crippen molar-refractivity contribution in [2.75, 3.05) is 0 Å². The maximum atomic E-state index is 12.4. The van der Waals surface area contributed by atoms with Crippen LogP contribution < -0.4 is 0 Å². The van der Waals surface area contributed by atoms with Gasteiger partial charge in [-0.05, 0) is 148 Å². The van der Waals surface area contributed by atoms with Crippen LogP contribution in [0.5, 0.6) is 0 Å². The molecule has 0 N–H and O–H groups in total. The molecule has 2 aromatic rings. The molecule has 0 fully saturated rings. The Balaban J connectivity index is 0.00000295. The fraction of sp³-hybridized carbons (Fsp3) is 0.719. The van der Waals surface area contributed by atoms with Gasteiger partial charge in [0.1, 0.15) is 0 Å². The van der Waals surface area contributed by atoms with E-state index in [-0.39, 0.29) is 16.5 Å². The average Bonchev–Trinajstić information content (AvgIpc) is 3.67. The molecule has 0 saturated carbocycles. The van der Waals surface area contributed by atoms with E-state index in [1.165, 1.54) is 208 Å². The topological polar surface area (TPSA) is 25.3 Å². The summed E-state index contributed by atoms with van der Waals surface area (Å²) in [5, 5.41) is 0. The summed E-state index contributed by atoms with van der Waals surface area (Å²) in [6.45, 7) is 28.1. The molecule has 1 aliphatic heterocycles. The van der Waals surface area contributed by atoms with E-state index < -0.39 is 0 Å². The van der Waals surface area contributed by atoms with Crippen molar-refractivity contribution in [1.82, 2.24) is 0 Å². The average molecular weight is 966 g/mol. The zero-order valence-electron chi connectivity index (χ0n) is 46.2. The zero-order chi connectivity index (χ0) is 48.6. The molecular formula is C64H110N2Ni. The first-order valence-corrected chi connectivity index (χ1v) is 29.1. The van der Waals surface area contributed by atoms with Crippen LogP contribution in [0, 0.1) is 13.8 Å². The third-order valence-corrected chi connectivity index (χ3v) is 13.8. The van der Waals surface area contributed by atoms with Gasteiger partial charge in [-0.15, -0.1) is 0 Å². The van der Waals surface area contributed by atoms with Crippen LogP contribution in [0.4, 0.5) is 0 Å². The molecule has 386 valence electrons. The summed E-state index contributed by atoms with van der Waals surface area (Å²) >= 11 is 0. The number of allylic oxidation sites excluding steroid dienone is 2. The number of nitrogens with zero attached hydrogens (tertiary/aromatic N) is 2. The van der Waals surface area contributed by atoms with Gasteiger partial charge in [-0.25, -0.2) is 4.70 Å². The summed E-state index contributed by atoms with van der Waals surface area (Å²) in [7, 11) is 0. The largest absolute Gasteiger partial charge is 2.00 e. The van der Waals surface area contributed by atoms with Gasteiger partial charge in [-0.1, -0.05) is 197 Å². The first-order valence-electron chi connectivity index (χ1n) is 29.1. The summed E-state index contributed by atoms with van der Waals surface area (Å²) in [6.07, 6.45) is 48.6. The van der Waals surface area contributed by atoms with Crippen LogP contribution in [0.2, 0.25) is 0 Å². The predicted molar refractivity (Wildman–Crippen MR) is 299 cm³/mol. The quantitative estimate of drug-likeness (QED) is 0.0279. The Labute approximate surface area is 430 Å². The van der Waals surface area contributed by atoms with E-state index in [1.807, 2.05) is 0 Å². The molecule has 3 heteroatoms. The normalized spacial score (nSPS) is 12.2. The van der Waals surface area contributed by atoms with Crippen LogP contribution in [0.3, 0.4) is 0 Å². The third-order valence-electron chi connectivity index (χ3n) is 13.8. The van der Waals surface area contributed by atoms with Crippen molar-refractivity contribution in [2.24, 2.45) is 0 Å². The minimum absolute atomic E-state index is 0. The molecule has 2 aromatic carbocycles. The molecule has 0 aromatic heterocycles. The van der Waals surface area contributed by atoms with E-state index in [9.17, 15) is 5.53 Å². The van der Waals surface area contributed by atoms with Crippen molar-refractivity contribution >= 4 is 11.4 Å². The van der Waals surface area contributed by atoms with E-state index in [2.05, 4.69) is 107 Å². The standard InChI is InChI=1S/C52H84N2.2C6H13.Ni/c1-8-15-22-24-26-28-35-49-42(30-17-10-3)37-47(38-43(49)31-18-11-4)51-41-46(34-21-14-7)52(54(51)53)48-39-44(32-19-12-5)50(45(40-48)33-20-13-6)36-29-27-25-23-16-9-2;2*1-3-5-6-4-2;/h37-41H,8-36H2,1-7H3;2*1,3-6H2,2H3;/q;2*-1;+2. The molecular weight excluding hydrogens is 855 g/mol. The molecule has 0 bridgehead atoms.